The second-order valence-electron chi connectivity index (χ2n) is 5.31. The van der Waals surface area contributed by atoms with Crippen LogP contribution >= 0.6 is 0 Å². The van der Waals surface area contributed by atoms with Gasteiger partial charge in [-0.1, -0.05) is 84.3 Å². The summed E-state index contributed by atoms with van der Waals surface area (Å²) >= 11 is 0. The molecule has 1 heteroatoms. The fraction of sp³-hybridized carbons (Fsp3) is 0. The van der Waals surface area contributed by atoms with Gasteiger partial charge in [0.1, 0.15) is 7.85 Å². The Balaban J connectivity index is 2.06. The maximum atomic E-state index is 5.79. The zero-order valence-corrected chi connectivity index (χ0v) is 11.6. The molecule has 0 atom stereocenters. The first kappa shape index (κ1) is 12.2. The van der Waals surface area contributed by atoms with Gasteiger partial charge in [0.05, 0.1) is 0 Å². The standard InChI is InChI=1S/C20H13B/c21-16-11-8-15(9-12-16)18-6-3-7-19-17-5-2-1-4-14(17)10-13-20(18)19/h1-13H. The summed E-state index contributed by atoms with van der Waals surface area (Å²) < 4.78 is 0. The van der Waals surface area contributed by atoms with Gasteiger partial charge in [-0.2, -0.15) is 0 Å². The molecule has 0 unspecified atom stereocenters. The van der Waals surface area contributed by atoms with Gasteiger partial charge in [-0.15, -0.1) is 0 Å². The predicted octanol–water partition coefficient (Wildman–Crippen LogP) is 4.45. The average molecular weight is 264 g/mol. The van der Waals surface area contributed by atoms with Crippen molar-refractivity contribution < 1.29 is 0 Å². The summed E-state index contributed by atoms with van der Waals surface area (Å²) in [7, 11) is 5.79. The molecule has 0 aliphatic carbocycles. The Kier molecular flexibility index (Phi) is 2.78. The van der Waals surface area contributed by atoms with Gasteiger partial charge in [0, 0.05) is 0 Å². The molecular formula is C20H13B. The molecule has 0 saturated carbocycles. The maximum absolute atomic E-state index is 5.79. The molecule has 0 spiro atoms. The van der Waals surface area contributed by atoms with Crippen molar-refractivity contribution in [2.75, 3.05) is 0 Å². The van der Waals surface area contributed by atoms with E-state index in [1.807, 2.05) is 12.1 Å². The molecular weight excluding hydrogens is 251 g/mol. The fourth-order valence-corrected chi connectivity index (χ4v) is 2.95. The summed E-state index contributed by atoms with van der Waals surface area (Å²) in [5.41, 5.74) is 3.24. The van der Waals surface area contributed by atoms with Gasteiger partial charge < -0.3 is 0 Å². The minimum atomic E-state index is 0.796. The third kappa shape index (κ3) is 2.02. The molecule has 0 aliphatic heterocycles. The van der Waals surface area contributed by atoms with Crippen LogP contribution in [0.4, 0.5) is 0 Å². The molecule has 0 N–H and O–H groups in total. The lowest BCUT2D eigenvalue weighted by Crippen LogP contribution is -1.99. The monoisotopic (exact) mass is 264 g/mol. The molecule has 0 heterocycles. The highest BCUT2D eigenvalue weighted by Gasteiger charge is 2.06. The minimum absolute atomic E-state index is 0.796. The molecule has 0 nitrogen and oxygen atoms in total. The second-order valence-corrected chi connectivity index (χ2v) is 5.31. The van der Waals surface area contributed by atoms with Crippen molar-refractivity contribution >= 4 is 34.9 Å². The SMILES string of the molecule is [B]c1ccc(-c2cccc3c2ccc2ccccc23)cc1. The molecule has 0 amide bonds. The highest BCUT2D eigenvalue weighted by Crippen LogP contribution is 2.32. The Morgan fingerprint density at radius 1 is 0.524 bits per heavy atom. The van der Waals surface area contributed by atoms with E-state index in [-0.39, 0.29) is 0 Å². The van der Waals surface area contributed by atoms with Crippen LogP contribution in [0.25, 0.3) is 32.7 Å². The molecule has 4 aromatic rings. The van der Waals surface area contributed by atoms with Crippen LogP contribution in [0.5, 0.6) is 0 Å². The zero-order chi connectivity index (χ0) is 14.2. The van der Waals surface area contributed by atoms with Crippen LogP contribution in [0.2, 0.25) is 0 Å². The fourth-order valence-electron chi connectivity index (χ4n) is 2.95. The number of rotatable bonds is 1. The van der Waals surface area contributed by atoms with Crippen LogP contribution in [-0.2, 0) is 0 Å². The van der Waals surface area contributed by atoms with Gasteiger partial charge in [0.15, 0.2) is 0 Å². The molecule has 4 aromatic carbocycles. The van der Waals surface area contributed by atoms with Crippen LogP contribution in [0.1, 0.15) is 0 Å². The molecule has 2 radical (unpaired) electrons. The van der Waals surface area contributed by atoms with E-state index in [1.54, 1.807) is 0 Å². The van der Waals surface area contributed by atoms with E-state index in [4.69, 9.17) is 7.85 Å². The van der Waals surface area contributed by atoms with E-state index in [0.717, 1.165) is 5.46 Å². The topological polar surface area (TPSA) is 0 Å². The third-order valence-electron chi connectivity index (χ3n) is 4.01. The van der Waals surface area contributed by atoms with Gasteiger partial charge >= 0.3 is 0 Å². The summed E-state index contributed by atoms with van der Waals surface area (Å²) in [5.74, 6) is 0. The van der Waals surface area contributed by atoms with Crippen molar-refractivity contribution in [2.24, 2.45) is 0 Å². The normalized spacial score (nSPS) is 11.0. The molecule has 96 valence electrons. The Labute approximate surface area is 125 Å². The number of hydrogen-bond donors (Lipinski definition) is 0. The van der Waals surface area contributed by atoms with Crippen LogP contribution in [0.15, 0.2) is 78.9 Å². The van der Waals surface area contributed by atoms with Crippen molar-refractivity contribution in [1.82, 2.24) is 0 Å². The predicted molar refractivity (Wildman–Crippen MR) is 92.3 cm³/mol. The molecule has 21 heavy (non-hydrogen) atoms. The highest BCUT2D eigenvalue weighted by molar-refractivity contribution is 6.32. The number of fused-ring (bicyclic) bond motifs is 3. The van der Waals surface area contributed by atoms with Crippen molar-refractivity contribution in [3.05, 3.63) is 78.9 Å². The summed E-state index contributed by atoms with van der Waals surface area (Å²) in [5, 5.41) is 5.15. The third-order valence-corrected chi connectivity index (χ3v) is 4.01. The number of benzene rings is 4. The Bertz CT molecular complexity index is 937. The molecule has 0 aromatic heterocycles. The van der Waals surface area contributed by atoms with E-state index < -0.39 is 0 Å². The summed E-state index contributed by atoms with van der Waals surface area (Å²) in [6, 6.07) is 27.5. The summed E-state index contributed by atoms with van der Waals surface area (Å²) in [6.45, 7) is 0. The van der Waals surface area contributed by atoms with E-state index in [0.29, 0.717) is 0 Å². The van der Waals surface area contributed by atoms with Crippen LogP contribution in [-0.4, -0.2) is 7.85 Å². The van der Waals surface area contributed by atoms with Gasteiger partial charge in [0.25, 0.3) is 0 Å². The van der Waals surface area contributed by atoms with Gasteiger partial charge in [0.2, 0.25) is 0 Å². The van der Waals surface area contributed by atoms with Crippen LogP contribution in [0.3, 0.4) is 0 Å². The lowest BCUT2D eigenvalue weighted by atomic mass is 9.91. The average Bonchev–Trinajstić information content (AvgIpc) is 2.55. The second kappa shape index (κ2) is 4.78. The van der Waals surface area contributed by atoms with Gasteiger partial charge in [-0.3, -0.25) is 0 Å². The lowest BCUT2D eigenvalue weighted by molar-refractivity contribution is 1.68. The van der Waals surface area contributed by atoms with Gasteiger partial charge in [-0.25, -0.2) is 0 Å². The quantitative estimate of drug-likeness (QED) is 0.352. The number of hydrogen-bond acceptors (Lipinski definition) is 0. The first-order chi connectivity index (χ1) is 10.3. The van der Waals surface area contributed by atoms with Crippen LogP contribution < -0.4 is 5.46 Å². The lowest BCUT2D eigenvalue weighted by Gasteiger charge is -2.10. The van der Waals surface area contributed by atoms with Crippen molar-refractivity contribution in [3.8, 4) is 11.1 Å². The summed E-state index contributed by atoms with van der Waals surface area (Å²) in [6.07, 6.45) is 0. The Morgan fingerprint density at radius 2 is 1.29 bits per heavy atom. The first-order valence-electron chi connectivity index (χ1n) is 7.09. The van der Waals surface area contributed by atoms with Crippen molar-refractivity contribution in [3.63, 3.8) is 0 Å². The van der Waals surface area contributed by atoms with E-state index in [1.165, 1.54) is 32.7 Å². The first-order valence-corrected chi connectivity index (χ1v) is 7.09. The van der Waals surface area contributed by atoms with E-state index in [2.05, 4.69) is 66.7 Å². The molecule has 0 aliphatic rings. The molecule has 4 rings (SSSR count). The Morgan fingerprint density at radius 3 is 2.14 bits per heavy atom. The van der Waals surface area contributed by atoms with E-state index >= 15 is 0 Å². The molecule has 0 saturated heterocycles. The van der Waals surface area contributed by atoms with E-state index in [9.17, 15) is 0 Å². The largest absolute Gasteiger partial charge is 0.113 e. The zero-order valence-electron chi connectivity index (χ0n) is 11.6. The Hall–Kier alpha value is -2.54. The summed E-state index contributed by atoms with van der Waals surface area (Å²) in [4.78, 5) is 0. The highest BCUT2D eigenvalue weighted by atomic mass is 14.1. The van der Waals surface area contributed by atoms with Gasteiger partial charge in [-0.05, 0) is 32.7 Å². The molecule has 0 fully saturated rings. The van der Waals surface area contributed by atoms with Crippen molar-refractivity contribution in [2.45, 2.75) is 0 Å². The molecule has 0 bridgehead atoms. The smallest absolute Gasteiger partial charge is 0.0966 e. The van der Waals surface area contributed by atoms with Crippen LogP contribution in [0, 0.1) is 0 Å². The maximum Gasteiger partial charge on any atom is 0.113 e. The van der Waals surface area contributed by atoms with Crippen molar-refractivity contribution in [1.29, 1.82) is 0 Å². The minimum Gasteiger partial charge on any atom is -0.0966 e.